The molecule has 3 aromatic carbocycles. The first-order chi connectivity index (χ1) is 16.6. The Kier molecular flexibility index (Phi) is 5.88. The maximum Gasteiger partial charge on any atom is 0.322 e. The van der Waals surface area contributed by atoms with Crippen LogP contribution in [0.3, 0.4) is 0 Å². The van der Waals surface area contributed by atoms with Gasteiger partial charge >= 0.3 is 6.03 Å². The van der Waals surface area contributed by atoms with E-state index in [0.29, 0.717) is 13.2 Å². The third-order valence-electron chi connectivity index (χ3n) is 6.40. The molecule has 0 bridgehead atoms. The molecule has 6 nitrogen and oxygen atoms in total. The van der Waals surface area contributed by atoms with Crippen LogP contribution in [0.2, 0.25) is 0 Å². The van der Waals surface area contributed by atoms with E-state index < -0.39 is 0 Å². The highest BCUT2D eigenvalue weighted by molar-refractivity contribution is 5.92. The van der Waals surface area contributed by atoms with E-state index in [4.69, 9.17) is 9.47 Å². The number of hydrogen-bond acceptors (Lipinski definition) is 3. The molecule has 0 saturated carbocycles. The van der Waals surface area contributed by atoms with Gasteiger partial charge in [-0.25, -0.2) is 4.79 Å². The molecule has 0 saturated heterocycles. The second-order valence-corrected chi connectivity index (χ2v) is 8.57. The van der Waals surface area contributed by atoms with Crippen LogP contribution in [0.4, 0.5) is 10.5 Å². The van der Waals surface area contributed by atoms with Gasteiger partial charge in [0, 0.05) is 28.8 Å². The fourth-order valence-electron chi connectivity index (χ4n) is 4.71. The lowest BCUT2D eigenvalue weighted by Gasteiger charge is -2.36. The van der Waals surface area contributed by atoms with Crippen molar-refractivity contribution in [3.63, 3.8) is 0 Å². The quantitative estimate of drug-likeness (QED) is 0.384. The van der Waals surface area contributed by atoms with E-state index in [-0.39, 0.29) is 12.1 Å². The Balaban J connectivity index is 1.52. The molecule has 2 N–H and O–H groups in total. The summed E-state index contributed by atoms with van der Waals surface area (Å²) in [6, 6.07) is 21.6. The van der Waals surface area contributed by atoms with Gasteiger partial charge in [-0.15, -0.1) is 0 Å². The molecule has 0 radical (unpaired) electrons. The number of aromatic nitrogens is 1. The van der Waals surface area contributed by atoms with Gasteiger partial charge in [0.25, 0.3) is 0 Å². The van der Waals surface area contributed by atoms with Gasteiger partial charge in [-0.05, 0) is 73.9 Å². The van der Waals surface area contributed by atoms with Crippen molar-refractivity contribution in [1.82, 2.24) is 9.88 Å². The Morgan fingerprint density at radius 1 is 1.06 bits per heavy atom. The van der Waals surface area contributed by atoms with Crippen LogP contribution >= 0.6 is 0 Å². The fourth-order valence-corrected chi connectivity index (χ4v) is 4.71. The van der Waals surface area contributed by atoms with Crippen molar-refractivity contribution in [2.24, 2.45) is 0 Å². The zero-order chi connectivity index (χ0) is 23.7. The summed E-state index contributed by atoms with van der Waals surface area (Å²) in [6.45, 7) is 5.24. The molecule has 1 atom stereocenters. The Labute approximate surface area is 199 Å². The van der Waals surface area contributed by atoms with Crippen molar-refractivity contribution < 1.29 is 14.3 Å². The minimum atomic E-state index is -0.217. The molecule has 2 amide bonds. The monoisotopic (exact) mass is 455 g/mol. The summed E-state index contributed by atoms with van der Waals surface area (Å²) in [4.78, 5) is 19.0. The minimum Gasteiger partial charge on any atom is -0.497 e. The Hall–Kier alpha value is -3.93. The first kappa shape index (κ1) is 21.9. The molecule has 2 heterocycles. The van der Waals surface area contributed by atoms with Crippen LogP contribution in [0.15, 0.2) is 66.7 Å². The number of rotatable bonds is 5. The lowest BCUT2D eigenvalue weighted by atomic mass is 9.92. The van der Waals surface area contributed by atoms with E-state index in [1.54, 1.807) is 7.11 Å². The van der Waals surface area contributed by atoms with Gasteiger partial charge in [0.1, 0.15) is 11.5 Å². The lowest BCUT2D eigenvalue weighted by molar-refractivity contribution is 0.193. The number of carbonyl (C=O) groups excluding carboxylic acids is 1. The van der Waals surface area contributed by atoms with Gasteiger partial charge < -0.3 is 24.7 Å². The molecular weight excluding hydrogens is 426 g/mol. The number of amides is 2. The number of ether oxygens (including phenoxy) is 2. The van der Waals surface area contributed by atoms with Gasteiger partial charge in [-0.3, -0.25) is 0 Å². The first-order valence-electron chi connectivity index (χ1n) is 11.6. The van der Waals surface area contributed by atoms with E-state index in [2.05, 4.69) is 47.6 Å². The highest BCUT2D eigenvalue weighted by atomic mass is 16.5. The number of hydrogen-bond donors (Lipinski definition) is 2. The highest BCUT2D eigenvalue weighted by Crippen LogP contribution is 2.39. The standard InChI is InChI=1S/C28H29N3O3/c1-4-34-21-11-9-20(10-12-21)29-28(32)31-16-15-23-24-17-22(33-3)13-14-25(24)30-26(23)27(31)19-7-5-18(2)6-8-19/h5-14,17,27,30H,4,15-16H2,1-3H3,(H,29,32)/t27-/m1/s1. The van der Waals surface area contributed by atoms with Crippen molar-refractivity contribution in [2.75, 3.05) is 25.6 Å². The van der Waals surface area contributed by atoms with E-state index in [1.807, 2.05) is 48.2 Å². The summed E-state index contributed by atoms with van der Waals surface area (Å²) in [5, 5.41) is 4.22. The van der Waals surface area contributed by atoms with Gasteiger partial charge in [-0.1, -0.05) is 29.8 Å². The van der Waals surface area contributed by atoms with Gasteiger partial charge in [0.15, 0.2) is 0 Å². The van der Waals surface area contributed by atoms with Gasteiger partial charge in [0.2, 0.25) is 0 Å². The van der Waals surface area contributed by atoms with Crippen LogP contribution in [-0.2, 0) is 6.42 Å². The smallest absolute Gasteiger partial charge is 0.322 e. The molecule has 6 heteroatoms. The fraction of sp³-hybridized carbons (Fsp3) is 0.250. The van der Waals surface area contributed by atoms with Crippen LogP contribution in [0, 0.1) is 6.92 Å². The molecule has 5 rings (SSSR count). The normalized spacial score (nSPS) is 15.1. The number of benzene rings is 3. The summed E-state index contributed by atoms with van der Waals surface area (Å²) in [5.41, 5.74) is 6.35. The molecular formula is C28H29N3O3. The topological polar surface area (TPSA) is 66.6 Å². The molecule has 0 fully saturated rings. The lowest BCUT2D eigenvalue weighted by Crippen LogP contribution is -2.43. The summed E-state index contributed by atoms with van der Waals surface area (Å²) < 4.78 is 11.0. The maximum atomic E-state index is 13.5. The van der Waals surface area contributed by atoms with Gasteiger partial charge in [0.05, 0.1) is 19.8 Å². The Morgan fingerprint density at radius 3 is 2.50 bits per heavy atom. The predicted octanol–water partition coefficient (Wildman–Crippen LogP) is 6.06. The summed E-state index contributed by atoms with van der Waals surface area (Å²) in [5.74, 6) is 1.62. The average Bonchev–Trinajstić information content (AvgIpc) is 3.23. The van der Waals surface area contributed by atoms with Crippen molar-refractivity contribution in [3.05, 3.63) is 89.1 Å². The molecule has 174 valence electrons. The van der Waals surface area contributed by atoms with E-state index >= 15 is 0 Å². The predicted molar refractivity (Wildman–Crippen MR) is 135 cm³/mol. The van der Waals surface area contributed by atoms with Crippen molar-refractivity contribution >= 4 is 22.6 Å². The van der Waals surface area contributed by atoms with Crippen molar-refractivity contribution in [2.45, 2.75) is 26.3 Å². The molecule has 0 unspecified atom stereocenters. The minimum absolute atomic E-state index is 0.128. The van der Waals surface area contributed by atoms with Crippen molar-refractivity contribution in [3.8, 4) is 11.5 Å². The van der Waals surface area contributed by atoms with Crippen molar-refractivity contribution in [1.29, 1.82) is 0 Å². The summed E-state index contributed by atoms with van der Waals surface area (Å²) in [6.07, 6.45) is 0.765. The molecule has 1 aliphatic rings. The number of anilines is 1. The number of aromatic amines is 1. The summed E-state index contributed by atoms with van der Waals surface area (Å²) >= 11 is 0. The van der Waals surface area contributed by atoms with Gasteiger partial charge in [-0.2, -0.15) is 0 Å². The van der Waals surface area contributed by atoms with E-state index in [9.17, 15) is 4.79 Å². The zero-order valence-corrected chi connectivity index (χ0v) is 19.7. The van der Waals surface area contributed by atoms with Crippen LogP contribution in [0.5, 0.6) is 11.5 Å². The molecule has 1 aromatic heterocycles. The number of fused-ring (bicyclic) bond motifs is 3. The largest absolute Gasteiger partial charge is 0.497 e. The van der Waals surface area contributed by atoms with Crippen LogP contribution in [0.25, 0.3) is 10.9 Å². The zero-order valence-electron chi connectivity index (χ0n) is 19.7. The number of urea groups is 1. The molecule has 0 aliphatic carbocycles. The molecule has 34 heavy (non-hydrogen) atoms. The molecule has 4 aromatic rings. The number of carbonyl (C=O) groups is 1. The third kappa shape index (κ3) is 4.07. The molecule has 0 spiro atoms. The highest BCUT2D eigenvalue weighted by Gasteiger charge is 2.34. The second kappa shape index (κ2) is 9.14. The maximum absolute atomic E-state index is 13.5. The molecule has 1 aliphatic heterocycles. The van der Waals surface area contributed by atoms with Crippen LogP contribution in [0.1, 0.15) is 35.3 Å². The van der Waals surface area contributed by atoms with Crippen LogP contribution < -0.4 is 14.8 Å². The number of methoxy groups -OCH3 is 1. The average molecular weight is 456 g/mol. The number of nitrogens with one attached hydrogen (secondary N) is 2. The number of nitrogens with zero attached hydrogens (tertiary/aromatic N) is 1. The first-order valence-corrected chi connectivity index (χ1v) is 11.6. The SMILES string of the molecule is CCOc1ccc(NC(=O)N2CCc3c([nH]c4ccc(OC)cc34)[C@H]2c2ccc(C)cc2)cc1. The Morgan fingerprint density at radius 2 is 1.79 bits per heavy atom. The van der Waals surface area contributed by atoms with E-state index in [0.717, 1.165) is 45.8 Å². The number of H-pyrrole nitrogens is 1. The summed E-state index contributed by atoms with van der Waals surface area (Å²) in [7, 11) is 1.68. The van der Waals surface area contributed by atoms with Crippen LogP contribution in [-0.4, -0.2) is 36.2 Å². The van der Waals surface area contributed by atoms with E-state index in [1.165, 1.54) is 11.1 Å². The second-order valence-electron chi connectivity index (χ2n) is 8.57. The third-order valence-corrected chi connectivity index (χ3v) is 6.40. The Bertz CT molecular complexity index is 1310. The number of aryl methyl sites for hydroxylation is 1.